The number of rotatable bonds is 2. The van der Waals surface area contributed by atoms with Crippen molar-refractivity contribution in [1.82, 2.24) is 0 Å². The second-order valence-corrected chi connectivity index (χ2v) is 4.84. The second kappa shape index (κ2) is 4.60. The number of benzene rings is 1. The Morgan fingerprint density at radius 1 is 1.41 bits per heavy atom. The molecule has 1 fully saturated rings. The molecule has 0 spiro atoms. The van der Waals surface area contributed by atoms with E-state index in [0.29, 0.717) is 13.0 Å². The van der Waals surface area contributed by atoms with E-state index in [1.807, 2.05) is 0 Å². The van der Waals surface area contributed by atoms with Crippen LogP contribution in [0.15, 0.2) is 16.6 Å². The summed E-state index contributed by atoms with van der Waals surface area (Å²) in [6.07, 6.45) is 0.451. The molecule has 0 radical (unpaired) electrons. The van der Waals surface area contributed by atoms with Crippen LogP contribution in [-0.4, -0.2) is 24.2 Å². The Hall–Kier alpha value is -1.17. The van der Waals surface area contributed by atoms with Crippen molar-refractivity contribution in [2.45, 2.75) is 6.42 Å². The van der Waals surface area contributed by atoms with Crippen LogP contribution in [0.5, 0.6) is 0 Å². The Morgan fingerprint density at radius 3 is 2.71 bits per heavy atom. The van der Waals surface area contributed by atoms with Crippen LogP contribution in [0.25, 0.3) is 0 Å². The highest BCUT2D eigenvalue weighted by Gasteiger charge is 2.29. The van der Waals surface area contributed by atoms with Gasteiger partial charge in [-0.1, -0.05) is 0 Å². The fraction of sp³-hybridized carbons (Fsp3) is 0.364. The van der Waals surface area contributed by atoms with Gasteiger partial charge in [-0.3, -0.25) is 4.79 Å². The topological polar surface area (TPSA) is 40.5 Å². The molecule has 0 amide bonds. The van der Waals surface area contributed by atoms with Crippen molar-refractivity contribution < 1.29 is 18.7 Å². The fourth-order valence-electron chi connectivity index (χ4n) is 1.94. The molecule has 1 N–H and O–H groups in total. The van der Waals surface area contributed by atoms with E-state index >= 15 is 0 Å². The van der Waals surface area contributed by atoms with E-state index in [1.165, 1.54) is 0 Å². The first-order chi connectivity index (χ1) is 7.99. The Balaban J connectivity index is 2.24. The molecule has 1 aromatic carbocycles. The van der Waals surface area contributed by atoms with Crippen molar-refractivity contribution in [2.75, 3.05) is 18.0 Å². The lowest BCUT2D eigenvalue weighted by Gasteiger charge is -2.19. The standard InChI is InChI=1S/C11H10BrF2NO2/c12-7-3-9(14)10(4-8(7)13)15-2-1-6(5-15)11(16)17/h3-4,6H,1-2,5H2,(H,16,17). The summed E-state index contributed by atoms with van der Waals surface area (Å²) in [5, 5.41) is 8.84. The molecule has 0 saturated carbocycles. The highest BCUT2D eigenvalue weighted by atomic mass is 79.9. The molecule has 2 rings (SSSR count). The number of aliphatic carboxylic acids is 1. The van der Waals surface area contributed by atoms with E-state index in [0.717, 1.165) is 12.1 Å². The number of hydrogen-bond acceptors (Lipinski definition) is 2. The lowest BCUT2D eigenvalue weighted by Crippen LogP contribution is -2.23. The second-order valence-electron chi connectivity index (χ2n) is 3.99. The van der Waals surface area contributed by atoms with Crippen LogP contribution < -0.4 is 4.90 Å². The number of nitrogens with zero attached hydrogens (tertiary/aromatic N) is 1. The van der Waals surface area contributed by atoms with E-state index in [4.69, 9.17) is 5.11 Å². The summed E-state index contributed by atoms with van der Waals surface area (Å²) in [6.45, 7) is 0.641. The van der Waals surface area contributed by atoms with Crippen LogP contribution in [0.4, 0.5) is 14.5 Å². The SMILES string of the molecule is O=C(O)C1CCN(c2cc(F)c(Br)cc2F)C1. The third-order valence-electron chi connectivity index (χ3n) is 2.87. The van der Waals surface area contributed by atoms with Crippen molar-refractivity contribution in [2.24, 2.45) is 5.92 Å². The highest BCUT2D eigenvalue weighted by molar-refractivity contribution is 9.10. The molecular weight excluding hydrogens is 296 g/mol. The Bertz CT molecular complexity index is 467. The molecular formula is C11H10BrF2NO2. The maximum atomic E-state index is 13.6. The molecule has 92 valence electrons. The molecule has 0 aromatic heterocycles. The van der Waals surface area contributed by atoms with Gasteiger partial charge in [-0.05, 0) is 28.4 Å². The molecule has 1 aromatic rings. The molecule has 1 heterocycles. The molecule has 0 aliphatic carbocycles. The van der Waals surface area contributed by atoms with Gasteiger partial charge in [0.2, 0.25) is 0 Å². The quantitative estimate of drug-likeness (QED) is 0.854. The number of hydrogen-bond donors (Lipinski definition) is 1. The van der Waals surface area contributed by atoms with Crippen LogP contribution in [0.1, 0.15) is 6.42 Å². The average Bonchev–Trinajstić information content (AvgIpc) is 2.72. The van der Waals surface area contributed by atoms with Gasteiger partial charge in [-0.15, -0.1) is 0 Å². The predicted molar refractivity (Wildman–Crippen MR) is 62.0 cm³/mol. The molecule has 3 nitrogen and oxygen atoms in total. The molecule has 1 aliphatic heterocycles. The van der Waals surface area contributed by atoms with E-state index in [9.17, 15) is 13.6 Å². The van der Waals surface area contributed by atoms with Crippen molar-refractivity contribution in [3.63, 3.8) is 0 Å². The Kier molecular flexibility index (Phi) is 3.33. The van der Waals surface area contributed by atoms with Gasteiger partial charge in [0.1, 0.15) is 11.6 Å². The Labute approximate surface area is 105 Å². The first kappa shape index (κ1) is 12.3. The molecule has 1 unspecified atom stereocenters. The number of anilines is 1. The summed E-state index contributed by atoms with van der Waals surface area (Å²) in [7, 11) is 0. The van der Waals surface area contributed by atoms with Gasteiger partial charge in [0, 0.05) is 19.2 Å². The van der Waals surface area contributed by atoms with E-state index in [1.54, 1.807) is 4.90 Å². The summed E-state index contributed by atoms with van der Waals surface area (Å²) >= 11 is 2.90. The van der Waals surface area contributed by atoms with Crippen LogP contribution >= 0.6 is 15.9 Å². The minimum Gasteiger partial charge on any atom is -0.481 e. The van der Waals surface area contributed by atoms with E-state index < -0.39 is 23.5 Å². The minimum absolute atomic E-state index is 0.0627. The van der Waals surface area contributed by atoms with Crippen molar-refractivity contribution in [1.29, 1.82) is 0 Å². The average molecular weight is 306 g/mol. The maximum absolute atomic E-state index is 13.6. The van der Waals surface area contributed by atoms with Gasteiger partial charge in [-0.25, -0.2) is 8.78 Å². The van der Waals surface area contributed by atoms with E-state index in [2.05, 4.69) is 15.9 Å². The molecule has 17 heavy (non-hydrogen) atoms. The number of carbonyl (C=O) groups is 1. The van der Waals surface area contributed by atoms with Gasteiger partial charge in [0.15, 0.2) is 0 Å². The molecule has 1 atom stereocenters. The molecule has 1 aliphatic rings. The number of carboxylic acids is 1. The van der Waals surface area contributed by atoms with Gasteiger partial charge in [-0.2, -0.15) is 0 Å². The summed E-state index contributed by atoms with van der Waals surface area (Å²) in [5.74, 6) is -2.52. The zero-order valence-electron chi connectivity index (χ0n) is 8.79. The smallest absolute Gasteiger partial charge is 0.308 e. The number of halogens is 3. The third-order valence-corrected chi connectivity index (χ3v) is 3.48. The summed E-state index contributed by atoms with van der Waals surface area (Å²) in [4.78, 5) is 12.3. The first-order valence-electron chi connectivity index (χ1n) is 5.11. The molecule has 6 heteroatoms. The zero-order valence-corrected chi connectivity index (χ0v) is 10.4. The van der Waals surface area contributed by atoms with Gasteiger partial charge >= 0.3 is 5.97 Å². The predicted octanol–water partition coefficient (Wildman–Crippen LogP) is 2.64. The lowest BCUT2D eigenvalue weighted by molar-refractivity contribution is -0.140. The third kappa shape index (κ3) is 2.41. The largest absolute Gasteiger partial charge is 0.481 e. The van der Waals surface area contributed by atoms with E-state index in [-0.39, 0.29) is 16.7 Å². The Morgan fingerprint density at radius 2 is 2.12 bits per heavy atom. The minimum atomic E-state index is -0.898. The summed E-state index contributed by atoms with van der Waals surface area (Å²) < 4.78 is 27.0. The van der Waals surface area contributed by atoms with Crippen LogP contribution in [-0.2, 0) is 4.79 Å². The van der Waals surface area contributed by atoms with Crippen molar-refractivity contribution in [3.8, 4) is 0 Å². The number of carboxylic acid groups (broad SMARTS) is 1. The zero-order chi connectivity index (χ0) is 12.6. The fourth-order valence-corrected chi connectivity index (χ4v) is 2.25. The monoisotopic (exact) mass is 305 g/mol. The van der Waals surface area contributed by atoms with Crippen LogP contribution in [0, 0.1) is 17.6 Å². The summed E-state index contributed by atoms with van der Waals surface area (Å²) in [5.41, 5.74) is 0.120. The lowest BCUT2D eigenvalue weighted by atomic mass is 10.1. The highest BCUT2D eigenvalue weighted by Crippen LogP contribution is 2.30. The normalized spacial score (nSPS) is 19.7. The summed E-state index contributed by atoms with van der Waals surface area (Å²) in [6, 6.07) is 2.14. The van der Waals surface area contributed by atoms with Crippen LogP contribution in [0.2, 0.25) is 0 Å². The molecule has 0 bridgehead atoms. The molecule has 1 saturated heterocycles. The van der Waals surface area contributed by atoms with Crippen molar-refractivity contribution in [3.05, 3.63) is 28.2 Å². The first-order valence-corrected chi connectivity index (χ1v) is 5.90. The van der Waals surface area contributed by atoms with Gasteiger partial charge in [0.05, 0.1) is 16.1 Å². The van der Waals surface area contributed by atoms with Crippen LogP contribution in [0.3, 0.4) is 0 Å². The maximum Gasteiger partial charge on any atom is 0.308 e. The van der Waals surface area contributed by atoms with Gasteiger partial charge in [0.25, 0.3) is 0 Å². The van der Waals surface area contributed by atoms with Gasteiger partial charge < -0.3 is 10.0 Å². The van der Waals surface area contributed by atoms with Crippen molar-refractivity contribution >= 4 is 27.6 Å².